The molecule has 0 aliphatic carbocycles. The molecule has 4 nitrogen and oxygen atoms in total. The Hall–Kier alpha value is -0.130. The third-order valence-corrected chi connectivity index (χ3v) is 2.66. The fourth-order valence-corrected chi connectivity index (χ4v) is 1.98. The molecule has 0 aliphatic heterocycles. The van der Waals surface area contributed by atoms with Crippen LogP contribution in [0.4, 0.5) is 0 Å². The summed E-state index contributed by atoms with van der Waals surface area (Å²) >= 11 is 0. The van der Waals surface area contributed by atoms with E-state index in [9.17, 15) is 8.42 Å². The van der Waals surface area contributed by atoms with E-state index in [0.29, 0.717) is 6.42 Å². The van der Waals surface area contributed by atoms with E-state index in [1.165, 1.54) is 0 Å². The Morgan fingerprint density at radius 3 is 2.08 bits per heavy atom. The number of hydrogen-bond donors (Lipinski definition) is 0. The maximum absolute atomic E-state index is 11.1. The van der Waals surface area contributed by atoms with Crippen molar-refractivity contribution in [3.05, 3.63) is 0 Å². The standard InChI is InChI=1S/C8H18O4S/c1-5-8(7(3)4)12-13(9,10)11-6-2/h7-8H,5-6H2,1-4H3. The fraction of sp³-hybridized carbons (Fsp3) is 1.00. The molecule has 0 amide bonds. The van der Waals surface area contributed by atoms with Gasteiger partial charge in [0.15, 0.2) is 0 Å². The van der Waals surface area contributed by atoms with E-state index in [4.69, 9.17) is 4.18 Å². The Kier molecular flexibility index (Phi) is 5.51. The summed E-state index contributed by atoms with van der Waals surface area (Å²) < 4.78 is 31.4. The second-order valence-electron chi connectivity index (χ2n) is 3.10. The first-order valence-electron chi connectivity index (χ1n) is 4.50. The smallest absolute Gasteiger partial charge is 0.248 e. The van der Waals surface area contributed by atoms with Crippen molar-refractivity contribution in [2.75, 3.05) is 6.61 Å². The Bertz CT molecular complexity index is 220. The lowest BCUT2D eigenvalue weighted by atomic mass is 10.1. The summed E-state index contributed by atoms with van der Waals surface area (Å²) in [5, 5.41) is 0. The molecule has 0 saturated heterocycles. The molecule has 5 heteroatoms. The van der Waals surface area contributed by atoms with Crippen LogP contribution in [-0.4, -0.2) is 21.1 Å². The largest absolute Gasteiger partial charge is 0.400 e. The van der Waals surface area contributed by atoms with Crippen LogP contribution >= 0.6 is 0 Å². The molecule has 0 saturated carbocycles. The lowest BCUT2D eigenvalue weighted by Crippen LogP contribution is -2.24. The number of rotatable bonds is 6. The predicted octanol–water partition coefficient (Wildman–Crippen LogP) is 1.72. The maximum atomic E-state index is 11.1. The van der Waals surface area contributed by atoms with Gasteiger partial charge in [0.1, 0.15) is 0 Å². The van der Waals surface area contributed by atoms with Crippen LogP contribution in [0.2, 0.25) is 0 Å². The highest BCUT2D eigenvalue weighted by Crippen LogP contribution is 2.14. The molecule has 80 valence electrons. The molecule has 0 rings (SSSR count). The van der Waals surface area contributed by atoms with Crippen molar-refractivity contribution in [1.82, 2.24) is 0 Å². The van der Waals surface area contributed by atoms with Crippen molar-refractivity contribution in [1.29, 1.82) is 0 Å². The summed E-state index contributed by atoms with van der Waals surface area (Å²) in [6.07, 6.45) is 0.362. The van der Waals surface area contributed by atoms with Crippen molar-refractivity contribution in [3.63, 3.8) is 0 Å². The summed E-state index contributed by atoms with van der Waals surface area (Å²) in [5.74, 6) is 0.167. The second-order valence-corrected chi connectivity index (χ2v) is 4.35. The number of hydrogen-bond acceptors (Lipinski definition) is 4. The van der Waals surface area contributed by atoms with Gasteiger partial charge in [0.05, 0.1) is 12.7 Å². The van der Waals surface area contributed by atoms with Gasteiger partial charge in [-0.15, -0.1) is 0 Å². The zero-order valence-electron chi connectivity index (χ0n) is 8.61. The van der Waals surface area contributed by atoms with Crippen LogP contribution in [0.15, 0.2) is 0 Å². The lowest BCUT2D eigenvalue weighted by molar-refractivity contribution is 0.120. The van der Waals surface area contributed by atoms with Gasteiger partial charge in [0.2, 0.25) is 0 Å². The van der Waals surface area contributed by atoms with Crippen LogP contribution < -0.4 is 0 Å². The monoisotopic (exact) mass is 210 g/mol. The fourth-order valence-electron chi connectivity index (χ4n) is 0.974. The first kappa shape index (κ1) is 12.9. The van der Waals surface area contributed by atoms with Crippen LogP contribution in [0.1, 0.15) is 34.1 Å². The molecule has 0 aromatic carbocycles. The molecule has 0 radical (unpaired) electrons. The Morgan fingerprint density at radius 2 is 1.77 bits per heavy atom. The summed E-state index contributed by atoms with van der Waals surface area (Å²) in [6, 6.07) is 0. The average Bonchev–Trinajstić information content (AvgIpc) is 1.99. The zero-order valence-corrected chi connectivity index (χ0v) is 9.43. The zero-order chi connectivity index (χ0) is 10.5. The predicted molar refractivity (Wildman–Crippen MR) is 50.5 cm³/mol. The Balaban J connectivity index is 4.23. The van der Waals surface area contributed by atoms with Crippen molar-refractivity contribution >= 4 is 10.4 Å². The molecule has 0 aromatic rings. The van der Waals surface area contributed by atoms with Crippen LogP contribution in [0.25, 0.3) is 0 Å². The van der Waals surface area contributed by atoms with Crippen molar-refractivity contribution in [2.45, 2.75) is 40.2 Å². The minimum Gasteiger partial charge on any atom is -0.248 e. The van der Waals surface area contributed by atoms with Crippen LogP contribution in [0, 0.1) is 5.92 Å². The molecular weight excluding hydrogens is 192 g/mol. The highest BCUT2D eigenvalue weighted by Gasteiger charge is 2.20. The highest BCUT2D eigenvalue weighted by atomic mass is 32.3. The van der Waals surface area contributed by atoms with E-state index in [1.54, 1.807) is 6.92 Å². The Labute approximate surface area is 80.6 Å². The van der Waals surface area contributed by atoms with Crippen molar-refractivity contribution in [2.24, 2.45) is 5.92 Å². The molecule has 0 N–H and O–H groups in total. The van der Waals surface area contributed by atoms with Gasteiger partial charge >= 0.3 is 10.4 Å². The van der Waals surface area contributed by atoms with Gasteiger partial charge in [-0.2, -0.15) is 8.42 Å². The molecule has 0 fully saturated rings. The second kappa shape index (κ2) is 5.57. The van der Waals surface area contributed by atoms with Crippen LogP contribution in [-0.2, 0) is 18.8 Å². The van der Waals surface area contributed by atoms with Crippen LogP contribution in [0.5, 0.6) is 0 Å². The summed E-state index contributed by atoms with van der Waals surface area (Å²) in [5.41, 5.74) is 0. The molecular formula is C8H18O4S. The lowest BCUT2D eigenvalue weighted by Gasteiger charge is -2.18. The van der Waals surface area contributed by atoms with Crippen molar-refractivity contribution < 1.29 is 16.8 Å². The molecule has 13 heavy (non-hydrogen) atoms. The molecule has 0 heterocycles. The molecule has 0 aromatic heterocycles. The summed E-state index contributed by atoms with van der Waals surface area (Å²) in [4.78, 5) is 0. The van der Waals surface area contributed by atoms with Gasteiger partial charge in [-0.05, 0) is 19.3 Å². The summed E-state index contributed by atoms with van der Waals surface area (Å²) in [7, 11) is -3.79. The van der Waals surface area contributed by atoms with Gasteiger partial charge in [0, 0.05) is 0 Å². The van der Waals surface area contributed by atoms with Crippen molar-refractivity contribution in [3.8, 4) is 0 Å². The highest BCUT2D eigenvalue weighted by molar-refractivity contribution is 7.81. The first-order chi connectivity index (χ1) is 5.93. The van der Waals surface area contributed by atoms with Gasteiger partial charge in [-0.1, -0.05) is 20.8 Å². The molecule has 1 unspecified atom stereocenters. The van der Waals surface area contributed by atoms with Gasteiger partial charge in [-0.25, -0.2) is 8.37 Å². The van der Waals surface area contributed by atoms with E-state index in [1.807, 2.05) is 20.8 Å². The minimum atomic E-state index is -3.79. The maximum Gasteiger partial charge on any atom is 0.400 e. The normalized spacial score (nSPS) is 14.8. The average molecular weight is 210 g/mol. The van der Waals surface area contributed by atoms with E-state index >= 15 is 0 Å². The molecule has 0 bridgehead atoms. The van der Waals surface area contributed by atoms with Crippen LogP contribution in [0.3, 0.4) is 0 Å². The SMILES string of the molecule is CCOS(=O)(=O)OC(CC)C(C)C. The third-order valence-electron chi connectivity index (χ3n) is 1.65. The topological polar surface area (TPSA) is 52.6 Å². The van der Waals surface area contributed by atoms with Gasteiger partial charge < -0.3 is 0 Å². The third kappa shape index (κ3) is 5.23. The van der Waals surface area contributed by atoms with E-state index < -0.39 is 10.4 Å². The minimum absolute atomic E-state index is 0.108. The van der Waals surface area contributed by atoms with Gasteiger partial charge in [-0.3, -0.25) is 0 Å². The first-order valence-corrected chi connectivity index (χ1v) is 5.83. The van der Waals surface area contributed by atoms with E-state index in [0.717, 1.165) is 0 Å². The molecule has 1 atom stereocenters. The molecule has 0 aliphatic rings. The molecule has 0 spiro atoms. The van der Waals surface area contributed by atoms with Gasteiger partial charge in [0.25, 0.3) is 0 Å². The summed E-state index contributed by atoms with van der Waals surface area (Å²) in [6.45, 7) is 7.42. The Morgan fingerprint density at radius 1 is 1.23 bits per heavy atom. The van der Waals surface area contributed by atoms with E-state index in [2.05, 4.69) is 4.18 Å². The van der Waals surface area contributed by atoms with E-state index in [-0.39, 0.29) is 18.6 Å². The quantitative estimate of drug-likeness (QED) is 0.669.